The highest BCUT2D eigenvalue weighted by Gasteiger charge is 2.42. The molecule has 0 N–H and O–H groups in total. The molecule has 1 heterocycles. The van der Waals surface area contributed by atoms with Crippen LogP contribution >= 0.6 is 0 Å². The largest absolute Gasteiger partial charge is 0.491 e. The number of rotatable bonds is 8. The molecule has 34 heavy (non-hydrogen) atoms. The molecule has 0 unspecified atom stereocenters. The Morgan fingerprint density at radius 3 is 2.09 bits per heavy atom. The summed E-state index contributed by atoms with van der Waals surface area (Å²) < 4.78 is 5.72. The Bertz CT molecular complexity index is 1200. The minimum Gasteiger partial charge on any atom is -0.491 e. The van der Waals surface area contributed by atoms with Crippen molar-refractivity contribution in [1.29, 1.82) is 0 Å². The maximum absolute atomic E-state index is 13.8. The van der Waals surface area contributed by atoms with Gasteiger partial charge in [-0.25, -0.2) is 4.90 Å². The zero-order valence-electron chi connectivity index (χ0n) is 20.1. The van der Waals surface area contributed by atoms with E-state index < -0.39 is 0 Å². The first-order valence-electron chi connectivity index (χ1n) is 11.6. The quantitative estimate of drug-likeness (QED) is 0.417. The highest BCUT2D eigenvalue weighted by atomic mass is 16.5. The molecule has 0 fully saturated rings. The maximum atomic E-state index is 13.8. The van der Waals surface area contributed by atoms with Crippen molar-refractivity contribution in [3.8, 4) is 5.75 Å². The molecule has 0 radical (unpaired) electrons. The highest BCUT2D eigenvalue weighted by molar-refractivity contribution is 6.45. The van der Waals surface area contributed by atoms with Crippen LogP contribution in [0, 0.1) is 6.92 Å². The zero-order valence-corrected chi connectivity index (χ0v) is 20.1. The van der Waals surface area contributed by atoms with Gasteiger partial charge in [0.2, 0.25) is 0 Å². The van der Waals surface area contributed by atoms with Crippen molar-refractivity contribution in [3.63, 3.8) is 0 Å². The van der Waals surface area contributed by atoms with Gasteiger partial charge in [-0.3, -0.25) is 9.59 Å². The fourth-order valence-electron chi connectivity index (χ4n) is 4.13. The van der Waals surface area contributed by atoms with E-state index in [1.54, 1.807) is 24.3 Å². The second-order valence-corrected chi connectivity index (χ2v) is 8.70. The monoisotopic (exact) mass is 454 g/mol. The summed E-state index contributed by atoms with van der Waals surface area (Å²) in [6, 6.07) is 24.8. The minimum atomic E-state index is -0.312. The number of benzene rings is 3. The molecule has 0 bridgehead atoms. The van der Waals surface area contributed by atoms with Gasteiger partial charge in [0.25, 0.3) is 11.8 Å². The van der Waals surface area contributed by atoms with Crippen LogP contribution in [0.3, 0.4) is 0 Å². The van der Waals surface area contributed by atoms with E-state index in [2.05, 4.69) is 0 Å². The zero-order chi connectivity index (χ0) is 24.2. The molecular formula is C29H30N2O3. The molecule has 0 aliphatic carbocycles. The molecule has 0 atom stereocenters. The van der Waals surface area contributed by atoms with Gasteiger partial charge in [-0.15, -0.1) is 0 Å². The lowest BCUT2D eigenvalue weighted by atomic mass is 10.0. The third-order valence-electron chi connectivity index (χ3n) is 5.78. The number of hydrogen-bond donors (Lipinski definition) is 0. The summed E-state index contributed by atoms with van der Waals surface area (Å²) in [4.78, 5) is 30.8. The lowest BCUT2D eigenvalue weighted by Crippen LogP contribution is -2.35. The van der Waals surface area contributed by atoms with E-state index in [1.165, 1.54) is 4.90 Å². The Hall–Kier alpha value is -3.86. The van der Waals surface area contributed by atoms with E-state index >= 15 is 0 Å². The van der Waals surface area contributed by atoms with Gasteiger partial charge in [-0.1, -0.05) is 60.2 Å². The fraction of sp³-hybridized carbons (Fsp3) is 0.241. The van der Waals surface area contributed by atoms with Gasteiger partial charge in [0.05, 0.1) is 17.4 Å². The van der Waals surface area contributed by atoms with Crippen LogP contribution in [0.25, 0.3) is 5.57 Å². The Balaban J connectivity index is 1.76. The number of aryl methyl sites for hydroxylation is 1. The number of imide groups is 1. The van der Waals surface area contributed by atoms with Gasteiger partial charge in [-0.05, 0) is 63.1 Å². The number of likely N-dealkylation sites (N-methyl/N-ethyl adjacent to an activating group) is 1. The Morgan fingerprint density at radius 1 is 0.853 bits per heavy atom. The van der Waals surface area contributed by atoms with E-state index in [-0.39, 0.29) is 17.9 Å². The summed E-state index contributed by atoms with van der Waals surface area (Å²) in [7, 11) is 0. The van der Waals surface area contributed by atoms with Crippen LogP contribution in [0.15, 0.2) is 84.6 Å². The molecule has 5 heteroatoms. The second kappa shape index (κ2) is 9.96. The number of carbonyl (C=O) groups is 2. The number of ether oxygens (including phenoxy) is 1. The first-order chi connectivity index (χ1) is 16.4. The van der Waals surface area contributed by atoms with Crippen molar-refractivity contribution < 1.29 is 14.3 Å². The predicted octanol–water partition coefficient (Wildman–Crippen LogP) is 5.59. The number of nitrogens with zero attached hydrogens (tertiary/aromatic N) is 2. The van der Waals surface area contributed by atoms with Crippen LogP contribution in [0.4, 0.5) is 5.69 Å². The van der Waals surface area contributed by atoms with Crippen LogP contribution in [0.1, 0.15) is 37.5 Å². The number of hydrogen-bond acceptors (Lipinski definition) is 4. The summed E-state index contributed by atoms with van der Waals surface area (Å²) in [6.45, 7) is 9.04. The molecule has 3 aromatic rings. The first kappa shape index (κ1) is 23.3. The van der Waals surface area contributed by atoms with E-state index in [4.69, 9.17) is 4.74 Å². The summed E-state index contributed by atoms with van der Waals surface area (Å²) in [5.74, 6) is 0.0767. The van der Waals surface area contributed by atoms with Crippen LogP contribution < -0.4 is 9.64 Å². The highest BCUT2D eigenvalue weighted by Crippen LogP contribution is 2.36. The number of carbonyl (C=O) groups excluding carboxylic acids is 2. The van der Waals surface area contributed by atoms with Gasteiger partial charge in [0, 0.05) is 13.1 Å². The molecule has 4 rings (SSSR count). The lowest BCUT2D eigenvalue weighted by Gasteiger charge is -2.25. The lowest BCUT2D eigenvalue weighted by molar-refractivity contribution is -0.120. The minimum absolute atomic E-state index is 0.0402. The molecule has 1 aliphatic heterocycles. The Kier molecular flexibility index (Phi) is 6.82. The van der Waals surface area contributed by atoms with Gasteiger partial charge in [-0.2, -0.15) is 0 Å². The van der Waals surface area contributed by atoms with Gasteiger partial charge < -0.3 is 9.64 Å². The third-order valence-corrected chi connectivity index (χ3v) is 5.78. The molecule has 5 nitrogen and oxygen atoms in total. The van der Waals surface area contributed by atoms with E-state index in [0.717, 1.165) is 16.7 Å². The van der Waals surface area contributed by atoms with Gasteiger partial charge >= 0.3 is 0 Å². The molecule has 0 aromatic heterocycles. The molecule has 0 spiro atoms. The smallest absolute Gasteiger partial charge is 0.282 e. The van der Waals surface area contributed by atoms with Crippen molar-refractivity contribution in [3.05, 3.63) is 101 Å². The summed E-state index contributed by atoms with van der Waals surface area (Å²) in [5.41, 5.74) is 4.31. The standard InChI is InChI=1S/C29H30N2O3/c1-5-30(19-22-9-7-6-8-10-22)27-26(23-13-11-21(4)12-14-23)28(32)31(29(27)33)24-15-17-25(18-16-24)34-20(2)3/h6-18,20H,5,19H2,1-4H3. The predicted molar refractivity (Wildman–Crippen MR) is 135 cm³/mol. The van der Waals surface area contributed by atoms with Crippen LogP contribution in [0.5, 0.6) is 5.75 Å². The molecule has 0 saturated carbocycles. The van der Waals surface area contributed by atoms with E-state index in [1.807, 2.05) is 87.2 Å². The normalized spacial score (nSPS) is 13.7. The Morgan fingerprint density at radius 2 is 1.50 bits per heavy atom. The van der Waals surface area contributed by atoms with Crippen molar-refractivity contribution in [2.75, 3.05) is 11.4 Å². The van der Waals surface area contributed by atoms with Crippen molar-refractivity contribution in [1.82, 2.24) is 4.90 Å². The van der Waals surface area contributed by atoms with Crippen molar-refractivity contribution >= 4 is 23.1 Å². The van der Waals surface area contributed by atoms with Crippen LogP contribution in [-0.2, 0) is 16.1 Å². The summed E-state index contributed by atoms with van der Waals surface area (Å²) in [6.07, 6.45) is 0.0402. The summed E-state index contributed by atoms with van der Waals surface area (Å²) in [5, 5.41) is 0. The first-order valence-corrected chi connectivity index (χ1v) is 11.6. The average molecular weight is 455 g/mol. The summed E-state index contributed by atoms with van der Waals surface area (Å²) >= 11 is 0. The molecule has 2 amide bonds. The van der Waals surface area contributed by atoms with E-state index in [0.29, 0.717) is 35.8 Å². The van der Waals surface area contributed by atoms with Crippen LogP contribution in [-0.4, -0.2) is 29.4 Å². The number of anilines is 1. The second-order valence-electron chi connectivity index (χ2n) is 8.70. The average Bonchev–Trinajstić information content (AvgIpc) is 3.09. The fourth-order valence-corrected chi connectivity index (χ4v) is 4.13. The third kappa shape index (κ3) is 4.74. The van der Waals surface area contributed by atoms with Crippen molar-refractivity contribution in [2.45, 2.75) is 40.3 Å². The van der Waals surface area contributed by atoms with Crippen molar-refractivity contribution in [2.24, 2.45) is 0 Å². The Labute approximate surface area is 201 Å². The number of amides is 2. The SMILES string of the molecule is CCN(Cc1ccccc1)C1=C(c2ccc(C)cc2)C(=O)N(c2ccc(OC(C)C)cc2)C1=O. The topological polar surface area (TPSA) is 49.9 Å². The molecular weight excluding hydrogens is 424 g/mol. The molecule has 1 aliphatic rings. The molecule has 3 aromatic carbocycles. The van der Waals surface area contributed by atoms with Gasteiger partial charge in [0.15, 0.2) is 0 Å². The van der Waals surface area contributed by atoms with Crippen LogP contribution in [0.2, 0.25) is 0 Å². The van der Waals surface area contributed by atoms with E-state index in [9.17, 15) is 9.59 Å². The maximum Gasteiger partial charge on any atom is 0.282 e. The molecule has 174 valence electrons. The van der Waals surface area contributed by atoms with Gasteiger partial charge in [0.1, 0.15) is 11.4 Å². The molecule has 0 saturated heterocycles.